The minimum Gasteiger partial charge on any atom is -0.491 e. The Bertz CT molecular complexity index is 294. The number of para-hydroxylation sites is 1. The van der Waals surface area contributed by atoms with Crippen LogP contribution >= 0.6 is 0 Å². The monoisotopic (exact) mass is 190 g/mol. The summed E-state index contributed by atoms with van der Waals surface area (Å²) in [5, 5.41) is 0. The topological polar surface area (TPSA) is 21.8 Å². The van der Waals surface area contributed by atoms with Crippen LogP contribution in [0.1, 0.15) is 6.42 Å². The third-order valence-corrected chi connectivity index (χ3v) is 2.24. The number of epoxide rings is 1. The van der Waals surface area contributed by atoms with Crippen LogP contribution in [0.5, 0.6) is 5.75 Å². The fourth-order valence-electron chi connectivity index (χ4n) is 1.39. The Kier molecular flexibility index (Phi) is 2.84. The lowest BCUT2D eigenvalue weighted by Crippen LogP contribution is -2.06. The van der Waals surface area contributed by atoms with Crippen LogP contribution in [0.25, 0.3) is 0 Å². The van der Waals surface area contributed by atoms with Gasteiger partial charge in [0.25, 0.3) is 0 Å². The number of hydrogen-bond donors (Lipinski definition) is 0. The van der Waals surface area contributed by atoms with Crippen molar-refractivity contribution in [3.05, 3.63) is 43.0 Å². The molecule has 1 saturated heterocycles. The number of hydrogen-bond acceptors (Lipinski definition) is 2. The van der Waals surface area contributed by atoms with Gasteiger partial charge in [0.05, 0.1) is 6.10 Å². The summed E-state index contributed by atoms with van der Waals surface area (Å²) < 4.78 is 10.9. The zero-order valence-corrected chi connectivity index (χ0v) is 8.06. The van der Waals surface area contributed by atoms with Gasteiger partial charge in [0.15, 0.2) is 0 Å². The largest absolute Gasteiger partial charge is 0.491 e. The molecule has 0 amide bonds. The highest BCUT2D eigenvalue weighted by Gasteiger charge is 2.37. The minimum atomic E-state index is 0.258. The lowest BCUT2D eigenvalue weighted by molar-refractivity contribution is 0.260. The van der Waals surface area contributed by atoms with Crippen LogP contribution in [-0.4, -0.2) is 18.8 Å². The summed E-state index contributed by atoms with van der Waals surface area (Å²) in [6.07, 6.45) is 3.39. The first-order valence-corrected chi connectivity index (χ1v) is 4.84. The van der Waals surface area contributed by atoms with Crippen molar-refractivity contribution in [2.75, 3.05) is 6.61 Å². The van der Waals surface area contributed by atoms with Crippen LogP contribution in [0.4, 0.5) is 0 Å². The van der Waals surface area contributed by atoms with Gasteiger partial charge in [0.2, 0.25) is 0 Å². The smallest absolute Gasteiger partial charge is 0.119 e. The van der Waals surface area contributed by atoms with Gasteiger partial charge in [-0.25, -0.2) is 0 Å². The molecule has 0 aromatic heterocycles. The highest BCUT2D eigenvalue weighted by atomic mass is 16.6. The van der Waals surface area contributed by atoms with Crippen LogP contribution in [0, 0.1) is 0 Å². The van der Waals surface area contributed by atoms with Gasteiger partial charge in [-0.15, -0.1) is 6.58 Å². The van der Waals surface area contributed by atoms with Crippen molar-refractivity contribution in [3.8, 4) is 5.75 Å². The van der Waals surface area contributed by atoms with Crippen molar-refractivity contribution in [1.82, 2.24) is 0 Å². The second-order valence-electron chi connectivity index (χ2n) is 3.36. The Labute approximate surface area is 84.2 Å². The molecule has 0 aliphatic carbocycles. The predicted octanol–water partition coefficient (Wildman–Crippen LogP) is 2.41. The molecule has 1 heterocycles. The lowest BCUT2D eigenvalue weighted by Gasteiger charge is -2.02. The molecule has 1 aromatic rings. The summed E-state index contributed by atoms with van der Waals surface area (Å²) in [6, 6.07) is 9.80. The highest BCUT2D eigenvalue weighted by molar-refractivity contribution is 5.21. The van der Waals surface area contributed by atoms with Crippen LogP contribution in [0.2, 0.25) is 0 Å². The van der Waals surface area contributed by atoms with E-state index in [2.05, 4.69) is 6.58 Å². The Morgan fingerprint density at radius 1 is 1.29 bits per heavy atom. The van der Waals surface area contributed by atoms with Gasteiger partial charge in [-0.05, 0) is 18.6 Å². The average molecular weight is 190 g/mol. The molecule has 2 atom stereocenters. The van der Waals surface area contributed by atoms with E-state index in [1.165, 1.54) is 0 Å². The van der Waals surface area contributed by atoms with Gasteiger partial charge in [-0.3, -0.25) is 0 Å². The van der Waals surface area contributed by atoms with E-state index in [-0.39, 0.29) is 6.10 Å². The second kappa shape index (κ2) is 4.29. The SMILES string of the molecule is C=CCC1OC1COc1ccccc1. The van der Waals surface area contributed by atoms with Crippen LogP contribution in [0.15, 0.2) is 43.0 Å². The van der Waals surface area contributed by atoms with E-state index in [0.29, 0.717) is 12.7 Å². The van der Waals surface area contributed by atoms with Crippen molar-refractivity contribution >= 4 is 0 Å². The summed E-state index contributed by atoms with van der Waals surface area (Å²) >= 11 is 0. The third-order valence-electron chi connectivity index (χ3n) is 2.24. The van der Waals surface area contributed by atoms with E-state index >= 15 is 0 Å². The van der Waals surface area contributed by atoms with E-state index in [1.54, 1.807) is 0 Å². The molecule has 1 aromatic carbocycles. The Morgan fingerprint density at radius 3 is 2.79 bits per heavy atom. The number of rotatable bonds is 5. The molecule has 1 aliphatic rings. The van der Waals surface area contributed by atoms with Crippen molar-refractivity contribution in [3.63, 3.8) is 0 Å². The van der Waals surface area contributed by atoms with Crippen LogP contribution in [0.3, 0.4) is 0 Å². The maximum atomic E-state index is 5.55. The summed E-state index contributed by atoms with van der Waals surface area (Å²) in [7, 11) is 0. The molecule has 0 saturated carbocycles. The molecular formula is C12H14O2. The fourth-order valence-corrected chi connectivity index (χ4v) is 1.39. The van der Waals surface area contributed by atoms with E-state index in [1.807, 2.05) is 36.4 Å². The molecule has 0 N–H and O–H groups in total. The van der Waals surface area contributed by atoms with Crippen LogP contribution < -0.4 is 4.74 Å². The summed E-state index contributed by atoms with van der Waals surface area (Å²) in [5.41, 5.74) is 0. The van der Waals surface area contributed by atoms with E-state index in [4.69, 9.17) is 9.47 Å². The van der Waals surface area contributed by atoms with Gasteiger partial charge < -0.3 is 9.47 Å². The Morgan fingerprint density at radius 2 is 2.07 bits per heavy atom. The normalized spacial score (nSPS) is 24.3. The predicted molar refractivity (Wildman–Crippen MR) is 55.4 cm³/mol. The quantitative estimate of drug-likeness (QED) is 0.525. The number of benzene rings is 1. The van der Waals surface area contributed by atoms with Crippen molar-refractivity contribution in [2.45, 2.75) is 18.6 Å². The molecule has 0 bridgehead atoms. The van der Waals surface area contributed by atoms with Gasteiger partial charge in [-0.1, -0.05) is 24.3 Å². The van der Waals surface area contributed by atoms with Crippen molar-refractivity contribution in [1.29, 1.82) is 0 Å². The molecule has 14 heavy (non-hydrogen) atoms. The molecule has 1 fully saturated rings. The second-order valence-corrected chi connectivity index (χ2v) is 3.36. The maximum absolute atomic E-state index is 5.55. The molecule has 2 nitrogen and oxygen atoms in total. The molecule has 2 unspecified atom stereocenters. The molecule has 1 aliphatic heterocycles. The zero-order chi connectivity index (χ0) is 9.80. The van der Waals surface area contributed by atoms with Gasteiger partial charge in [0.1, 0.15) is 18.5 Å². The zero-order valence-electron chi connectivity index (χ0n) is 8.06. The molecule has 2 rings (SSSR count). The summed E-state index contributed by atoms with van der Waals surface area (Å²) in [5.74, 6) is 0.903. The first-order valence-electron chi connectivity index (χ1n) is 4.84. The molecular weight excluding hydrogens is 176 g/mol. The molecule has 0 spiro atoms. The molecule has 0 radical (unpaired) electrons. The Balaban J connectivity index is 1.72. The lowest BCUT2D eigenvalue weighted by atomic mass is 10.2. The summed E-state index contributed by atoms with van der Waals surface area (Å²) in [6.45, 7) is 4.31. The third kappa shape index (κ3) is 2.36. The first-order chi connectivity index (χ1) is 6.90. The van der Waals surface area contributed by atoms with Crippen LogP contribution in [-0.2, 0) is 4.74 Å². The maximum Gasteiger partial charge on any atom is 0.119 e. The Hall–Kier alpha value is -1.28. The van der Waals surface area contributed by atoms with E-state index < -0.39 is 0 Å². The average Bonchev–Trinajstić information content (AvgIpc) is 2.96. The minimum absolute atomic E-state index is 0.258. The van der Waals surface area contributed by atoms with Gasteiger partial charge in [-0.2, -0.15) is 0 Å². The molecule has 74 valence electrons. The van der Waals surface area contributed by atoms with E-state index in [9.17, 15) is 0 Å². The standard InChI is InChI=1S/C12H14O2/c1-2-6-11-12(14-11)9-13-10-7-4-3-5-8-10/h2-5,7-8,11-12H,1,6,9H2. The van der Waals surface area contributed by atoms with Crippen molar-refractivity contribution < 1.29 is 9.47 Å². The molecule has 2 heteroatoms. The van der Waals surface area contributed by atoms with Crippen molar-refractivity contribution in [2.24, 2.45) is 0 Å². The first kappa shape index (κ1) is 9.28. The van der Waals surface area contributed by atoms with E-state index in [0.717, 1.165) is 12.2 Å². The fraction of sp³-hybridized carbons (Fsp3) is 0.333. The summed E-state index contributed by atoms with van der Waals surface area (Å²) in [4.78, 5) is 0. The van der Waals surface area contributed by atoms with Gasteiger partial charge >= 0.3 is 0 Å². The van der Waals surface area contributed by atoms with Gasteiger partial charge in [0, 0.05) is 0 Å². The highest BCUT2D eigenvalue weighted by Crippen LogP contribution is 2.26. The number of ether oxygens (including phenoxy) is 2.